The van der Waals surface area contributed by atoms with E-state index >= 15 is 0 Å². The fraction of sp³-hybridized carbons (Fsp3) is 0.321. The number of anilines is 2. The van der Waals surface area contributed by atoms with E-state index in [-0.39, 0.29) is 5.91 Å². The molecule has 36 heavy (non-hydrogen) atoms. The van der Waals surface area contributed by atoms with Gasteiger partial charge in [-0.25, -0.2) is 9.97 Å². The summed E-state index contributed by atoms with van der Waals surface area (Å²) in [5.74, 6) is 2.39. The number of thioether (sulfide) groups is 1. The third-order valence-electron chi connectivity index (χ3n) is 6.27. The van der Waals surface area contributed by atoms with Crippen LogP contribution in [0.4, 0.5) is 11.5 Å². The molecule has 0 spiro atoms. The van der Waals surface area contributed by atoms with Crippen LogP contribution in [0.1, 0.15) is 37.4 Å². The molecule has 2 unspecified atom stereocenters. The third kappa shape index (κ3) is 6.18. The molecule has 4 aromatic rings. The predicted octanol–water partition coefficient (Wildman–Crippen LogP) is 5.94. The molecule has 186 valence electrons. The second-order valence-electron chi connectivity index (χ2n) is 8.91. The van der Waals surface area contributed by atoms with Crippen LogP contribution in [0.3, 0.4) is 0 Å². The quantitative estimate of drug-likeness (QED) is 0.278. The molecule has 3 heterocycles. The summed E-state index contributed by atoms with van der Waals surface area (Å²) in [7, 11) is 0. The summed E-state index contributed by atoms with van der Waals surface area (Å²) in [6, 6.07) is 14.3. The summed E-state index contributed by atoms with van der Waals surface area (Å²) in [4.78, 5) is 29.5. The lowest BCUT2D eigenvalue weighted by molar-refractivity contribution is -0.114. The number of nitrogens with one attached hydrogen (secondary N) is 2. The van der Waals surface area contributed by atoms with E-state index in [2.05, 4.69) is 50.9 Å². The molecule has 4 rings (SSSR count). The minimum absolute atomic E-state index is 0.101. The van der Waals surface area contributed by atoms with E-state index in [1.165, 1.54) is 12.5 Å². The Morgan fingerprint density at radius 3 is 2.64 bits per heavy atom. The molecule has 3 aromatic heterocycles. The molecule has 2 N–H and O–H groups in total. The number of aromatic nitrogens is 4. The zero-order valence-corrected chi connectivity index (χ0v) is 22.0. The number of benzene rings is 1. The maximum absolute atomic E-state index is 11.5. The Morgan fingerprint density at radius 1 is 1.06 bits per heavy atom. The monoisotopic (exact) mass is 500 g/mol. The van der Waals surface area contributed by atoms with E-state index in [1.54, 1.807) is 12.5 Å². The van der Waals surface area contributed by atoms with Gasteiger partial charge in [0.1, 0.15) is 12.1 Å². The molecule has 8 heteroatoms. The number of fused-ring (bicyclic) bond motifs is 1. The van der Waals surface area contributed by atoms with Crippen LogP contribution < -0.4 is 10.6 Å². The van der Waals surface area contributed by atoms with Gasteiger partial charge in [-0.1, -0.05) is 25.1 Å². The van der Waals surface area contributed by atoms with E-state index in [4.69, 9.17) is 4.98 Å². The molecule has 1 amide bonds. The Balaban J connectivity index is 1.57. The smallest absolute Gasteiger partial charge is 0.221 e. The molecule has 0 saturated heterocycles. The van der Waals surface area contributed by atoms with Crippen molar-refractivity contribution in [1.29, 1.82) is 0 Å². The molecule has 2 atom stereocenters. The highest BCUT2D eigenvalue weighted by Gasteiger charge is 2.24. The topological polar surface area (TPSA) is 92.7 Å². The molecule has 1 aromatic carbocycles. The van der Waals surface area contributed by atoms with Crippen molar-refractivity contribution < 1.29 is 4.79 Å². The van der Waals surface area contributed by atoms with Crippen LogP contribution in [0.2, 0.25) is 0 Å². The van der Waals surface area contributed by atoms with E-state index in [9.17, 15) is 4.79 Å². The second-order valence-corrected chi connectivity index (χ2v) is 9.82. The second kappa shape index (κ2) is 11.9. The Hall–Kier alpha value is -3.52. The standard InChI is InChI=1S/C28H32N6OS/c1-5-24(25-8-6-7-20-11-23(34-19(3)35)15-31-28(20)25)22(16-36-4)14-30-27-12-26(32-17-33-27)21-10-9-18(2)29-13-21/h6-13,15,17,22,24H,5,14,16H2,1-4H3,(H,34,35)(H,30,32,33). The minimum Gasteiger partial charge on any atom is -0.370 e. The first-order valence-electron chi connectivity index (χ1n) is 12.1. The molecule has 0 aliphatic heterocycles. The number of para-hydroxylation sites is 1. The zero-order chi connectivity index (χ0) is 25.5. The number of aryl methyl sites for hydroxylation is 1. The maximum Gasteiger partial charge on any atom is 0.221 e. The predicted molar refractivity (Wildman–Crippen MR) is 149 cm³/mol. The van der Waals surface area contributed by atoms with Crippen molar-refractivity contribution in [2.24, 2.45) is 5.92 Å². The van der Waals surface area contributed by atoms with Crippen LogP contribution in [0.25, 0.3) is 22.2 Å². The van der Waals surface area contributed by atoms with Gasteiger partial charge in [-0.05, 0) is 61.0 Å². The van der Waals surface area contributed by atoms with Crippen molar-refractivity contribution in [2.45, 2.75) is 33.1 Å². The van der Waals surface area contributed by atoms with E-state index in [0.29, 0.717) is 17.5 Å². The minimum atomic E-state index is -0.101. The molecule has 0 fully saturated rings. The molecule has 0 bridgehead atoms. The van der Waals surface area contributed by atoms with E-state index < -0.39 is 0 Å². The maximum atomic E-state index is 11.5. The van der Waals surface area contributed by atoms with Crippen molar-refractivity contribution in [2.75, 3.05) is 29.2 Å². The summed E-state index contributed by atoms with van der Waals surface area (Å²) in [6.45, 7) is 6.49. The molecular weight excluding hydrogens is 468 g/mol. The number of amides is 1. The van der Waals surface area contributed by atoms with Crippen LogP contribution in [-0.2, 0) is 4.79 Å². The van der Waals surface area contributed by atoms with Gasteiger partial charge < -0.3 is 10.6 Å². The Labute approximate surface area is 216 Å². The molecule has 0 radical (unpaired) electrons. The molecule has 0 aliphatic rings. The summed E-state index contributed by atoms with van der Waals surface area (Å²) >= 11 is 1.85. The molecule has 7 nitrogen and oxygen atoms in total. The third-order valence-corrected chi connectivity index (χ3v) is 7.03. The number of hydrogen-bond acceptors (Lipinski definition) is 7. The van der Waals surface area contributed by atoms with Crippen molar-refractivity contribution >= 4 is 40.1 Å². The fourth-order valence-electron chi connectivity index (χ4n) is 4.56. The number of rotatable bonds is 10. The SMILES string of the molecule is CCC(c1cccc2cc(NC(C)=O)cnc12)C(CNc1cc(-c2ccc(C)nc2)ncn1)CSC. The highest BCUT2D eigenvalue weighted by molar-refractivity contribution is 7.98. The van der Waals surface area contributed by atoms with E-state index in [1.807, 2.05) is 55.2 Å². The van der Waals surface area contributed by atoms with Gasteiger partial charge in [-0.15, -0.1) is 0 Å². The average molecular weight is 501 g/mol. The number of hydrogen-bond donors (Lipinski definition) is 2. The van der Waals surface area contributed by atoms with Crippen LogP contribution in [0, 0.1) is 12.8 Å². The van der Waals surface area contributed by atoms with Gasteiger partial charge in [0.05, 0.1) is 23.1 Å². The number of pyridine rings is 2. The van der Waals surface area contributed by atoms with Crippen molar-refractivity contribution in [3.63, 3.8) is 0 Å². The van der Waals surface area contributed by atoms with Crippen LogP contribution in [-0.4, -0.2) is 44.4 Å². The lowest BCUT2D eigenvalue weighted by atomic mass is 9.83. The number of carbonyl (C=O) groups is 1. The number of nitrogens with zero attached hydrogens (tertiary/aromatic N) is 4. The zero-order valence-electron chi connectivity index (χ0n) is 21.2. The van der Waals surface area contributed by atoms with Crippen molar-refractivity contribution in [1.82, 2.24) is 19.9 Å². The lowest BCUT2D eigenvalue weighted by Gasteiger charge is -2.27. The summed E-state index contributed by atoms with van der Waals surface area (Å²) in [5, 5.41) is 7.42. The fourth-order valence-corrected chi connectivity index (χ4v) is 5.34. The lowest BCUT2D eigenvalue weighted by Crippen LogP contribution is -2.24. The average Bonchev–Trinajstić information content (AvgIpc) is 2.88. The Bertz CT molecular complexity index is 1330. The first-order chi connectivity index (χ1) is 17.5. The number of carbonyl (C=O) groups excluding carboxylic acids is 1. The largest absolute Gasteiger partial charge is 0.370 e. The van der Waals surface area contributed by atoms with E-state index in [0.717, 1.165) is 52.4 Å². The van der Waals surface area contributed by atoms with Crippen molar-refractivity contribution in [3.8, 4) is 11.3 Å². The first kappa shape index (κ1) is 25.6. The summed E-state index contributed by atoms with van der Waals surface area (Å²) < 4.78 is 0. The van der Waals surface area contributed by atoms with Crippen LogP contribution >= 0.6 is 11.8 Å². The summed E-state index contributed by atoms with van der Waals surface area (Å²) in [6.07, 6.45) is 8.32. The van der Waals surface area contributed by atoms with Crippen LogP contribution in [0.15, 0.2) is 61.2 Å². The van der Waals surface area contributed by atoms with Gasteiger partial charge in [-0.2, -0.15) is 11.8 Å². The highest BCUT2D eigenvalue weighted by Crippen LogP contribution is 2.35. The van der Waals surface area contributed by atoms with Gasteiger partial charge in [0, 0.05) is 42.4 Å². The molecule has 0 saturated carbocycles. The first-order valence-corrected chi connectivity index (χ1v) is 13.5. The highest BCUT2D eigenvalue weighted by atomic mass is 32.2. The molecular formula is C28H32N6OS. The summed E-state index contributed by atoms with van der Waals surface area (Å²) in [5.41, 5.74) is 5.73. The Kier molecular flexibility index (Phi) is 8.48. The van der Waals surface area contributed by atoms with Gasteiger partial charge >= 0.3 is 0 Å². The molecule has 0 aliphatic carbocycles. The van der Waals surface area contributed by atoms with Gasteiger partial charge in [-0.3, -0.25) is 14.8 Å². The van der Waals surface area contributed by atoms with Gasteiger partial charge in [0.15, 0.2) is 0 Å². The van der Waals surface area contributed by atoms with Gasteiger partial charge in [0.25, 0.3) is 0 Å². The van der Waals surface area contributed by atoms with Crippen LogP contribution in [0.5, 0.6) is 0 Å². The Morgan fingerprint density at radius 2 is 1.92 bits per heavy atom. The normalized spacial score (nSPS) is 12.8. The van der Waals surface area contributed by atoms with Gasteiger partial charge in [0.2, 0.25) is 5.91 Å². The van der Waals surface area contributed by atoms with Crippen molar-refractivity contribution in [3.05, 3.63) is 72.4 Å².